The fourth-order valence-electron chi connectivity index (χ4n) is 2.16. The van der Waals surface area contributed by atoms with Crippen molar-refractivity contribution in [3.63, 3.8) is 0 Å². The quantitative estimate of drug-likeness (QED) is 0.501. The lowest BCUT2D eigenvalue weighted by Gasteiger charge is -2.37. The first-order chi connectivity index (χ1) is 6.43. The van der Waals surface area contributed by atoms with E-state index in [1.54, 1.807) is 0 Å². The summed E-state index contributed by atoms with van der Waals surface area (Å²) in [6.07, 6.45) is 4.59. The van der Waals surface area contributed by atoms with Gasteiger partial charge in [0.05, 0.1) is 6.61 Å². The fourth-order valence-corrected chi connectivity index (χ4v) is 2.16. The summed E-state index contributed by atoms with van der Waals surface area (Å²) in [6.45, 7) is 8.63. The third-order valence-corrected chi connectivity index (χ3v) is 3.20. The Balaban J connectivity index is 2.66. The highest BCUT2D eigenvalue weighted by molar-refractivity contribution is 5.65. The van der Waals surface area contributed by atoms with Gasteiger partial charge in [0.15, 0.2) is 0 Å². The van der Waals surface area contributed by atoms with Gasteiger partial charge in [-0.3, -0.25) is 4.79 Å². The molecule has 0 amide bonds. The molecule has 0 aromatic carbocycles. The van der Waals surface area contributed by atoms with Crippen LogP contribution in [0.4, 0.5) is 0 Å². The summed E-state index contributed by atoms with van der Waals surface area (Å²) < 4.78 is 5.11. The van der Waals surface area contributed by atoms with Crippen LogP contribution in [0.2, 0.25) is 0 Å². The lowest BCUT2D eigenvalue weighted by molar-refractivity contribution is -0.143. The molecular formula is C12H20O2. The number of esters is 1. The smallest absolute Gasteiger partial charge is 0.302 e. The average molecular weight is 196 g/mol. The molecule has 0 radical (unpaired) electrons. The van der Waals surface area contributed by atoms with Crippen molar-refractivity contribution in [1.29, 1.82) is 0 Å². The van der Waals surface area contributed by atoms with Crippen LogP contribution >= 0.6 is 0 Å². The van der Waals surface area contributed by atoms with Crippen LogP contribution in [-0.2, 0) is 9.53 Å². The molecule has 0 aromatic heterocycles. The van der Waals surface area contributed by atoms with Crippen molar-refractivity contribution in [3.8, 4) is 0 Å². The molecule has 2 nitrogen and oxygen atoms in total. The molecule has 80 valence electrons. The standard InChI is InChI=1S/C12H20O2/c1-9-6-5-7-12(3,4)11(9)8-14-10(2)13/h6,11H,5,7-8H2,1-4H3/t11-/m1/s1. The SMILES string of the molecule is CC(=O)OC[C@@H]1C(C)=CCCC1(C)C. The zero-order chi connectivity index (χ0) is 10.8. The third kappa shape index (κ3) is 2.60. The third-order valence-electron chi connectivity index (χ3n) is 3.20. The first kappa shape index (κ1) is 11.3. The Morgan fingerprint density at radius 3 is 2.79 bits per heavy atom. The van der Waals surface area contributed by atoms with Crippen LogP contribution < -0.4 is 0 Å². The van der Waals surface area contributed by atoms with Crippen LogP contribution in [0.3, 0.4) is 0 Å². The number of ether oxygens (including phenoxy) is 1. The van der Waals surface area contributed by atoms with Crippen LogP contribution in [0.15, 0.2) is 11.6 Å². The summed E-state index contributed by atoms with van der Waals surface area (Å²) >= 11 is 0. The molecule has 1 rings (SSSR count). The van der Waals surface area contributed by atoms with Gasteiger partial charge in [-0.15, -0.1) is 0 Å². The van der Waals surface area contributed by atoms with Crippen molar-refractivity contribution in [2.45, 2.75) is 40.5 Å². The number of hydrogen-bond acceptors (Lipinski definition) is 2. The molecule has 0 bridgehead atoms. The van der Waals surface area contributed by atoms with E-state index in [0.29, 0.717) is 12.5 Å². The van der Waals surface area contributed by atoms with Crippen LogP contribution in [0.1, 0.15) is 40.5 Å². The molecule has 1 aliphatic rings. The summed E-state index contributed by atoms with van der Waals surface area (Å²) in [5.74, 6) is 0.208. The van der Waals surface area contributed by atoms with Gasteiger partial charge in [-0.1, -0.05) is 25.5 Å². The maximum atomic E-state index is 10.8. The van der Waals surface area contributed by atoms with Gasteiger partial charge < -0.3 is 4.74 Å². The molecule has 0 unspecified atom stereocenters. The minimum absolute atomic E-state index is 0.181. The molecule has 1 aliphatic carbocycles. The Morgan fingerprint density at radius 1 is 1.64 bits per heavy atom. The van der Waals surface area contributed by atoms with Gasteiger partial charge in [-0.05, 0) is 25.2 Å². The van der Waals surface area contributed by atoms with Crippen molar-refractivity contribution < 1.29 is 9.53 Å². The van der Waals surface area contributed by atoms with E-state index in [4.69, 9.17) is 4.74 Å². The molecule has 0 spiro atoms. The zero-order valence-corrected chi connectivity index (χ0v) is 9.59. The molecule has 0 fully saturated rings. The van der Waals surface area contributed by atoms with Crippen molar-refractivity contribution >= 4 is 5.97 Å². The van der Waals surface area contributed by atoms with Gasteiger partial charge in [0, 0.05) is 12.8 Å². The van der Waals surface area contributed by atoms with Crippen LogP contribution in [0.5, 0.6) is 0 Å². The predicted molar refractivity (Wildman–Crippen MR) is 56.9 cm³/mol. The highest BCUT2D eigenvalue weighted by Crippen LogP contribution is 2.40. The van der Waals surface area contributed by atoms with Crippen LogP contribution in [-0.4, -0.2) is 12.6 Å². The van der Waals surface area contributed by atoms with E-state index in [0.717, 1.165) is 6.42 Å². The lowest BCUT2D eigenvalue weighted by atomic mass is 9.69. The van der Waals surface area contributed by atoms with Gasteiger partial charge >= 0.3 is 5.97 Å². The summed E-state index contributed by atoms with van der Waals surface area (Å²) in [5.41, 5.74) is 1.62. The molecule has 0 heterocycles. The molecule has 1 atom stereocenters. The molecule has 0 N–H and O–H groups in total. The maximum Gasteiger partial charge on any atom is 0.302 e. The maximum absolute atomic E-state index is 10.8. The van der Waals surface area contributed by atoms with Gasteiger partial charge in [0.1, 0.15) is 0 Å². The summed E-state index contributed by atoms with van der Waals surface area (Å²) in [6, 6.07) is 0. The summed E-state index contributed by atoms with van der Waals surface area (Å²) in [7, 11) is 0. The largest absolute Gasteiger partial charge is 0.465 e. The highest BCUT2D eigenvalue weighted by Gasteiger charge is 2.33. The number of allylic oxidation sites excluding steroid dienone is 1. The van der Waals surface area contributed by atoms with E-state index in [9.17, 15) is 4.79 Å². The fraction of sp³-hybridized carbons (Fsp3) is 0.750. The molecule has 0 saturated heterocycles. The van der Waals surface area contributed by atoms with E-state index < -0.39 is 0 Å². The van der Waals surface area contributed by atoms with E-state index in [1.165, 1.54) is 18.9 Å². The Labute approximate surface area is 86.3 Å². The second-order valence-electron chi connectivity index (χ2n) is 4.83. The molecule has 0 aromatic rings. The second-order valence-corrected chi connectivity index (χ2v) is 4.83. The van der Waals surface area contributed by atoms with Gasteiger partial charge in [0.2, 0.25) is 0 Å². The normalized spacial score (nSPS) is 25.4. The Bertz CT molecular complexity index is 251. The monoisotopic (exact) mass is 196 g/mol. The molecular weight excluding hydrogens is 176 g/mol. The van der Waals surface area contributed by atoms with E-state index in [-0.39, 0.29) is 11.4 Å². The van der Waals surface area contributed by atoms with Crippen molar-refractivity contribution in [1.82, 2.24) is 0 Å². The molecule has 14 heavy (non-hydrogen) atoms. The van der Waals surface area contributed by atoms with E-state index in [1.807, 2.05) is 0 Å². The number of carbonyl (C=O) groups is 1. The van der Waals surface area contributed by atoms with Crippen LogP contribution in [0.25, 0.3) is 0 Å². The number of carbonyl (C=O) groups excluding carboxylic acids is 1. The Morgan fingerprint density at radius 2 is 2.29 bits per heavy atom. The van der Waals surface area contributed by atoms with Crippen molar-refractivity contribution in [2.24, 2.45) is 11.3 Å². The topological polar surface area (TPSA) is 26.3 Å². The highest BCUT2D eigenvalue weighted by atomic mass is 16.5. The summed E-state index contributed by atoms with van der Waals surface area (Å²) in [4.78, 5) is 10.8. The van der Waals surface area contributed by atoms with Gasteiger partial charge in [-0.2, -0.15) is 0 Å². The first-order valence-electron chi connectivity index (χ1n) is 5.23. The zero-order valence-electron chi connectivity index (χ0n) is 9.59. The van der Waals surface area contributed by atoms with Crippen molar-refractivity contribution in [3.05, 3.63) is 11.6 Å². The molecule has 2 heteroatoms. The Kier molecular flexibility index (Phi) is 3.35. The van der Waals surface area contributed by atoms with Crippen molar-refractivity contribution in [2.75, 3.05) is 6.61 Å². The summed E-state index contributed by atoms with van der Waals surface area (Å²) in [5, 5.41) is 0. The first-order valence-corrected chi connectivity index (χ1v) is 5.23. The second kappa shape index (κ2) is 4.16. The number of rotatable bonds is 2. The van der Waals surface area contributed by atoms with E-state index >= 15 is 0 Å². The molecule has 0 aliphatic heterocycles. The van der Waals surface area contributed by atoms with E-state index in [2.05, 4.69) is 26.8 Å². The van der Waals surface area contributed by atoms with Gasteiger partial charge in [0.25, 0.3) is 0 Å². The Hall–Kier alpha value is -0.790. The minimum atomic E-state index is -0.181. The molecule has 0 saturated carbocycles. The van der Waals surface area contributed by atoms with Gasteiger partial charge in [-0.25, -0.2) is 0 Å². The van der Waals surface area contributed by atoms with Crippen LogP contribution in [0, 0.1) is 11.3 Å². The number of hydrogen-bond donors (Lipinski definition) is 0. The minimum Gasteiger partial charge on any atom is -0.465 e. The average Bonchev–Trinajstić information content (AvgIpc) is 2.01. The predicted octanol–water partition coefficient (Wildman–Crippen LogP) is 2.93. The lowest BCUT2D eigenvalue weighted by Crippen LogP contribution is -2.32.